The molecule has 2 nitrogen and oxygen atoms in total. The molecule has 20 heavy (non-hydrogen) atoms. The first-order valence-corrected chi connectivity index (χ1v) is 6.61. The molecule has 2 aromatic rings. The molecule has 0 aliphatic heterocycles. The maximum absolute atomic E-state index is 13.2. The van der Waals surface area contributed by atoms with E-state index in [-0.39, 0.29) is 12.4 Å². The van der Waals surface area contributed by atoms with Crippen LogP contribution in [0.2, 0.25) is 0 Å². The number of aryl methyl sites for hydroxylation is 3. The van der Waals surface area contributed by atoms with Gasteiger partial charge in [0.05, 0.1) is 0 Å². The molecule has 0 aliphatic carbocycles. The lowest BCUT2D eigenvalue weighted by atomic mass is 10.0. The van der Waals surface area contributed by atoms with Gasteiger partial charge in [-0.1, -0.05) is 35.4 Å². The molecular formula is C17H19FO2. The van der Waals surface area contributed by atoms with Crippen LogP contribution in [0.4, 0.5) is 4.39 Å². The lowest BCUT2D eigenvalue weighted by Gasteiger charge is -2.15. The highest BCUT2D eigenvalue weighted by Crippen LogP contribution is 2.22. The van der Waals surface area contributed by atoms with Gasteiger partial charge in [-0.2, -0.15) is 0 Å². The van der Waals surface area contributed by atoms with Crippen LogP contribution in [-0.4, -0.2) is 11.7 Å². The van der Waals surface area contributed by atoms with Crippen molar-refractivity contribution < 1.29 is 14.2 Å². The fraction of sp³-hybridized carbons (Fsp3) is 0.294. The third kappa shape index (κ3) is 3.58. The Balaban J connectivity index is 2.08. The van der Waals surface area contributed by atoms with Crippen molar-refractivity contribution in [3.8, 4) is 5.75 Å². The first-order valence-electron chi connectivity index (χ1n) is 6.61. The van der Waals surface area contributed by atoms with Crippen LogP contribution in [0.5, 0.6) is 5.75 Å². The molecule has 0 radical (unpaired) electrons. The largest absolute Gasteiger partial charge is 0.490 e. The fourth-order valence-corrected chi connectivity index (χ4v) is 2.20. The van der Waals surface area contributed by atoms with Crippen molar-refractivity contribution in [3.05, 3.63) is 64.5 Å². The van der Waals surface area contributed by atoms with E-state index in [4.69, 9.17) is 4.74 Å². The van der Waals surface area contributed by atoms with Crippen molar-refractivity contribution in [1.29, 1.82) is 0 Å². The zero-order valence-corrected chi connectivity index (χ0v) is 12.0. The zero-order valence-electron chi connectivity index (χ0n) is 12.0. The van der Waals surface area contributed by atoms with Gasteiger partial charge in [0.1, 0.15) is 24.3 Å². The molecule has 0 saturated carbocycles. The molecule has 0 saturated heterocycles. The molecule has 106 valence electrons. The first kappa shape index (κ1) is 14.5. The van der Waals surface area contributed by atoms with Crippen molar-refractivity contribution in [3.63, 3.8) is 0 Å². The van der Waals surface area contributed by atoms with Crippen LogP contribution in [0.3, 0.4) is 0 Å². The molecule has 0 aromatic heterocycles. The van der Waals surface area contributed by atoms with Crippen LogP contribution in [-0.2, 0) is 0 Å². The first-order chi connectivity index (χ1) is 9.45. The van der Waals surface area contributed by atoms with E-state index in [0.29, 0.717) is 5.75 Å². The van der Waals surface area contributed by atoms with Crippen LogP contribution < -0.4 is 4.74 Å². The number of rotatable bonds is 4. The highest BCUT2D eigenvalue weighted by molar-refractivity contribution is 5.33. The summed E-state index contributed by atoms with van der Waals surface area (Å²) in [5.41, 5.74) is 3.86. The number of halogens is 1. The second kappa shape index (κ2) is 6.06. The number of hydrogen-bond donors (Lipinski definition) is 1. The molecule has 0 amide bonds. The van der Waals surface area contributed by atoms with Gasteiger partial charge >= 0.3 is 0 Å². The predicted molar refractivity (Wildman–Crippen MR) is 77.5 cm³/mol. The lowest BCUT2D eigenvalue weighted by molar-refractivity contribution is 0.107. The minimum absolute atomic E-state index is 0.104. The molecule has 3 heteroatoms. The summed E-state index contributed by atoms with van der Waals surface area (Å²) in [6.45, 7) is 5.92. The second-order valence-electron chi connectivity index (χ2n) is 5.16. The highest BCUT2D eigenvalue weighted by atomic mass is 19.1. The maximum atomic E-state index is 13.2. The maximum Gasteiger partial charge on any atom is 0.126 e. The van der Waals surface area contributed by atoms with Gasteiger partial charge in [-0.05, 0) is 38.0 Å². The van der Waals surface area contributed by atoms with Crippen LogP contribution in [0.25, 0.3) is 0 Å². The molecule has 0 heterocycles. The number of aliphatic hydroxyl groups excluding tert-OH is 1. The van der Waals surface area contributed by atoms with E-state index in [2.05, 4.69) is 0 Å². The van der Waals surface area contributed by atoms with Crippen LogP contribution >= 0.6 is 0 Å². The van der Waals surface area contributed by atoms with E-state index < -0.39 is 6.10 Å². The van der Waals surface area contributed by atoms with E-state index in [1.54, 1.807) is 6.07 Å². The third-order valence-electron chi connectivity index (χ3n) is 3.18. The smallest absolute Gasteiger partial charge is 0.126 e. The van der Waals surface area contributed by atoms with Crippen molar-refractivity contribution in [1.82, 2.24) is 0 Å². The van der Waals surface area contributed by atoms with Gasteiger partial charge in [-0.15, -0.1) is 0 Å². The molecule has 0 bridgehead atoms. The summed E-state index contributed by atoms with van der Waals surface area (Å²) >= 11 is 0. The Kier molecular flexibility index (Phi) is 4.40. The van der Waals surface area contributed by atoms with Crippen molar-refractivity contribution >= 4 is 0 Å². The third-order valence-corrected chi connectivity index (χ3v) is 3.18. The van der Waals surface area contributed by atoms with Gasteiger partial charge in [0.25, 0.3) is 0 Å². The van der Waals surface area contributed by atoms with Gasteiger partial charge in [0, 0.05) is 6.07 Å². The Morgan fingerprint density at radius 2 is 1.70 bits per heavy atom. The molecule has 0 spiro atoms. The molecule has 2 rings (SSSR count). The van der Waals surface area contributed by atoms with E-state index in [1.165, 1.54) is 12.1 Å². The average molecular weight is 274 g/mol. The fourth-order valence-electron chi connectivity index (χ4n) is 2.20. The van der Waals surface area contributed by atoms with Gasteiger partial charge < -0.3 is 9.84 Å². The summed E-state index contributed by atoms with van der Waals surface area (Å²) < 4.78 is 18.7. The Labute approximate surface area is 118 Å². The molecule has 1 unspecified atom stereocenters. The van der Waals surface area contributed by atoms with Crippen LogP contribution in [0.1, 0.15) is 28.4 Å². The van der Waals surface area contributed by atoms with Crippen molar-refractivity contribution in [2.45, 2.75) is 26.9 Å². The van der Waals surface area contributed by atoms with Gasteiger partial charge in [-0.3, -0.25) is 0 Å². The Morgan fingerprint density at radius 1 is 1.05 bits per heavy atom. The van der Waals surface area contributed by atoms with Crippen LogP contribution in [0, 0.1) is 26.6 Å². The Hall–Kier alpha value is -1.87. The van der Waals surface area contributed by atoms with Gasteiger partial charge in [0.15, 0.2) is 0 Å². The number of aliphatic hydroxyl groups is 1. The molecule has 2 aromatic carbocycles. The Morgan fingerprint density at radius 3 is 2.35 bits per heavy atom. The standard InChI is InChI=1S/C17H19FO2/c1-11-6-12(2)8-14(7-11)16(19)10-20-17-9-15(18)5-4-13(17)3/h4-9,16,19H,10H2,1-3H3. The van der Waals surface area contributed by atoms with E-state index in [9.17, 15) is 9.50 Å². The minimum atomic E-state index is -0.726. The second-order valence-corrected chi connectivity index (χ2v) is 5.16. The minimum Gasteiger partial charge on any atom is -0.490 e. The van der Waals surface area contributed by atoms with Crippen molar-refractivity contribution in [2.24, 2.45) is 0 Å². The predicted octanol–water partition coefficient (Wildman–Crippen LogP) is 3.86. The van der Waals surface area contributed by atoms with Gasteiger partial charge in [-0.25, -0.2) is 4.39 Å². The van der Waals surface area contributed by atoms with Gasteiger partial charge in [0.2, 0.25) is 0 Å². The zero-order chi connectivity index (χ0) is 14.7. The lowest BCUT2D eigenvalue weighted by Crippen LogP contribution is -2.10. The monoisotopic (exact) mass is 274 g/mol. The molecule has 1 atom stereocenters. The molecule has 1 N–H and O–H groups in total. The summed E-state index contributed by atoms with van der Waals surface area (Å²) in [4.78, 5) is 0. The number of hydrogen-bond acceptors (Lipinski definition) is 2. The topological polar surface area (TPSA) is 29.5 Å². The van der Waals surface area contributed by atoms with Crippen molar-refractivity contribution in [2.75, 3.05) is 6.61 Å². The van der Waals surface area contributed by atoms with E-state index in [0.717, 1.165) is 22.3 Å². The van der Waals surface area contributed by atoms with Crippen LogP contribution in [0.15, 0.2) is 36.4 Å². The molecular weight excluding hydrogens is 255 g/mol. The summed E-state index contributed by atoms with van der Waals surface area (Å²) in [5, 5.41) is 10.2. The summed E-state index contributed by atoms with van der Waals surface area (Å²) in [6.07, 6.45) is -0.726. The highest BCUT2D eigenvalue weighted by Gasteiger charge is 2.11. The number of ether oxygens (including phenoxy) is 1. The summed E-state index contributed by atoms with van der Waals surface area (Å²) in [5.74, 6) is 0.125. The molecule has 0 fully saturated rings. The summed E-state index contributed by atoms with van der Waals surface area (Å²) in [6, 6.07) is 10.3. The quantitative estimate of drug-likeness (QED) is 0.917. The Bertz CT molecular complexity index is 588. The summed E-state index contributed by atoms with van der Waals surface area (Å²) in [7, 11) is 0. The normalized spacial score (nSPS) is 12.2. The van der Waals surface area contributed by atoms with E-state index >= 15 is 0 Å². The average Bonchev–Trinajstić information content (AvgIpc) is 2.38. The SMILES string of the molecule is Cc1cc(C)cc(C(O)COc2cc(F)ccc2C)c1. The number of benzene rings is 2. The van der Waals surface area contributed by atoms with E-state index in [1.807, 2.05) is 39.0 Å². The molecule has 0 aliphatic rings.